The molecule has 0 atom stereocenters. The number of alkyl halides is 3. The lowest BCUT2D eigenvalue weighted by Gasteiger charge is -2.17. The van der Waals surface area contributed by atoms with Crippen molar-refractivity contribution < 1.29 is 13.2 Å². The van der Waals surface area contributed by atoms with Crippen molar-refractivity contribution in [2.75, 3.05) is 18.5 Å². The minimum atomic E-state index is -4.20. The first-order chi connectivity index (χ1) is 8.19. The number of halogens is 3. The molecule has 0 spiro atoms. The maximum absolute atomic E-state index is 12.3. The Labute approximate surface area is 109 Å². The van der Waals surface area contributed by atoms with Crippen molar-refractivity contribution in [2.24, 2.45) is 0 Å². The molecular formula is C11H18F3N3S. The Hall–Kier alpha value is -0.820. The Kier molecular flexibility index (Phi) is 4.98. The summed E-state index contributed by atoms with van der Waals surface area (Å²) in [7, 11) is 1.41. The third kappa shape index (κ3) is 4.81. The van der Waals surface area contributed by atoms with Gasteiger partial charge < -0.3 is 10.2 Å². The quantitative estimate of drug-likeness (QED) is 0.899. The number of anilines is 1. The van der Waals surface area contributed by atoms with Crippen LogP contribution in [0.25, 0.3) is 0 Å². The van der Waals surface area contributed by atoms with Gasteiger partial charge in [0.15, 0.2) is 5.13 Å². The predicted octanol–water partition coefficient (Wildman–Crippen LogP) is 2.95. The molecule has 1 heterocycles. The molecule has 1 rings (SSSR count). The van der Waals surface area contributed by atoms with Gasteiger partial charge in [-0.05, 0) is 6.92 Å². The van der Waals surface area contributed by atoms with E-state index in [-0.39, 0.29) is 0 Å². The second-order valence-electron chi connectivity index (χ2n) is 4.51. The van der Waals surface area contributed by atoms with Crippen LogP contribution in [0.15, 0.2) is 0 Å². The molecule has 1 aromatic heterocycles. The van der Waals surface area contributed by atoms with E-state index in [4.69, 9.17) is 0 Å². The van der Waals surface area contributed by atoms with Gasteiger partial charge in [0.2, 0.25) is 0 Å². The summed E-state index contributed by atoms with van der Waals surface area (Å²) in [6, 6.07) is 0.336. The highest BCUT2D eigenvalue weighted by Crippen LogP contribution is 2.27. The smallest absolute Gasteiger partial charge is 0.342 e. The highest BCUT2D eigenvalue weighted by Gasteiger charge is 2.30. The number of thiazole rings is 1. The van der Waals surface area contributed by atoms with Crippen molar-refractivity contribution in [3.8, 4) is 0 Å². The second-order valence-corrected chi connectivity index (χ2v) is 5.57. The number of aryl methyl sites for hydroxylation is 1. The number of nitrogens with zero attached hydrogens (tertiary/aromatic N) is 2. The van der Waals surface area contributed by atoms with Crippen LogP contribution in [0.4, 0.5) is 18.3 Å². The summed E-state index contributed by atoms with van der Waals surface area (Å²) in [5.41, 5.74) is 0.789. The average molecular weight is 281 g/mol. The molecule has 0 aromatic carbocycles. The summed E-state index contributed by atoms with van der Waals surface area (Å²) in [4.78, 5) is 6.29. The summed E-state index contributed by atoms with van der Waals surface area (Å²) in [6.07, 6.45) is -4.20. The third-order valence-electron chi connectivity index (χ3n) is 2.30. The third-order valence-corrected chi connectivity index (χ3v) is 3.57. The Morgan fingerprint density at radius 2 is 2.00 bits per heavy atom. The van der Waals surface area contributed by atoms with Crippen molar-refractivity contribution in [1.29, 1.82) is 0 Å². The van der Waals surface area contributed by atoms with Gasteiger partial charge in [0, 0.05) is 24.5 Å². The molecule has 0 unspecified atom stereocenters. The Morgan fingerprint density at radius 3 is 2.50 bits per heavy atom. The average Bonchev–Trinajstić information content (AvgIpc) is 2.54. The zero-order chi connectivity index (χ0) is 13.9. The van der Waals surface area contributed by atoms with E-state index in [0.29, 0.717) is 17.7 Å². The Morgan fingerprint density at radius 1 is 1.39 bits per heavy atom. The van der Waals surface area contributed by atoms with Crippen LogP contribution in [0.5, 0.6) is 0 Å². The number of hydrogen-bond donors (Lipinski definition) is 1. The predicted molar refractivity (Wildman–Crippen MR) is 68.2 cm³/mol. The largest absolute Gasteiger partial charge is 0.405 e. The van der Waals surface area contributed by atoms with Crippen LogP contribution in [-0.4, -0.2) is 30.8 Å². The topological polar surface area (TPSA) is 28.2 Å². The maximum Gasteiger partial charge on any atom is 0.405 e. The van der Waals surface area contributed by atoms with E-state index in [1.54, 1.807) is 0 Å². The lowest BCUT2D eigenvalue weighted by atomic mass is 10.3. The van der Waals surface area contributed by atoms with Crippen molar-refractivity contribution in [3.05, 3.63) is 10.6 Å². The van der Waals surface area contributed by atoms with Crippen LogP contribution < -0.4 is 10.2 Å². The van der Waals surface area contributed by atoms with Gasteiger partial charge in [0.1, 0.15) is 6.54 Å². The maximum atomic E-state index is 12.3. The SMILES string of the molecule is Cc1nc(N(C)CC(F)(F)F)sc1CNC(C)C. The summed E-state index contributed by atoms with van der Waals surface area (Å²) in [6.45, 7) is 5.52. The molecule has 1 aromatic rings. The minimum absolute atomic E-state index is 0.336. The van der Waals surface area contributed by atoms with Gasteiger partial charge in [-0.3, -0.25) is 0 Å². The first kappa shape index (κ1) is 15.2. The van der Waals surface area contributed by atoms with Gasteiger partial charge in [0.25, 0.3) is 0 Å². The van der Waals surface area contributed by atoms with Crippen LogP contribution in [0.1, 0.15) is 24.4 Å². The van der Waals surface area contributed by atoms with E-state index in [2.05, 4.69) is 10.3 Å². The normalized spacial score (nSPS) is 12.2. The summed E-state index contributed by atoms with van der Waals surface area (Å²) < 4.78 is 36.8. The fraction of sp³-hybridized carbons (Fsp3) is 0.727. The van der Waals surface area contributed by atoms with Crippen LogP contribution >= 0.6 is 11.3 Å². The zero-order valence-corrected chi connectivity index (χ0v) is 11.7. The van der Waals surface area contributed by atoms with Gasteiger partial charge in [-0.15, -0.1) is 11.3 Å². The number of rotatable bonds is 5. The molecule has 0 saturated carbocycles. The highest BCUT2D eigenvalue weighted by molar-refractivity contribution is 7.15. The molecule has 18 heavy (non-hydrogen) atoms. The van der Waals surface area contributed by atoms with E-state index in [9.17, 15) is 13.2 Å². The number of hydrogen-bond acceptors (Lipinski definition) is 4. The molecule has 0 aliphatic heterocycles. The molecular weight excluding hydrogens is 263 g/mol. The molecule has 104 valence electrons. The fourth-order valence-corrected chi connectivity index (χ4v) is 2.35. The second kappa shape index (κ2) is 5.88. The van der Waals surface area contributed by atoms with Crippen LogP contribution in [0.3, 0.4) is 0 Å². The van der Waals surface area contributed by atoms with Gasteiger partial charge in [0.05, 0.1) is 5.69 Å². The van der Waals surface area contributed by atoms with Crippen molar-refractivity contribution >= 4 is 16.5 Å². The van der Waals surface area contributed by atoms with Crippen molar-refractivity contribution in [1.82, 2.24) is 10.3 Å². The summed E-state index contributed by atoms with van der Waals surface area (Å²) in [5, 5.41) is 3.64. The van der Waals surface area contributed by atoms with Gasteiger partial charge in [-0.25, -0.2) is 4.98 Å². The standard InChI is InChI=1S/C11H18F3N3S/c1-7(2)15-5-9-8(3)16-10(18-9)17(4)6-11(12,13)14/h7,15H,5-6H2,1-4H3. The van der Waals surface area contributed by atoms with Crippen molar-refractivity contribution in [2.45, 2.75) is 39.5 Å². The number of aromatic nitrogens is 1. The summed E-state index contributed by atoms with van der Waals surface area (Å²) in [5.74, 6) is 0. The number of nitrogens with one attached hydrogen (secondary N) is 1. The lowest BCUT2D eigenvalue weighted by Crippen LogP contribution is -2.30. The Balaban J connectivity index is 2.71. The minimum Gasteiger partial charge on any atom is -0.342 e. The molecule has 0 saturated heterocycles. The molecule has 0 fully saturated rings. The molecule has 0 aliphatic rings. The molecule has 3 nitrogen and oxygen atoms in total. The molecule has 0 bridgehead atoms. The van der Waals surface area contributed by atoms with E-state index in [1.807, 2.05) is 20.8 Å². The molecule has 0 radical (unpaired) electrons. The molecule has 0 aliphatic carbocycles. The van der Waals surface area contributed by atoms with Crippen LogP contribution in [0.2, 0.25) is 0 Å². The fourth-order valence-electron chi connectivity index (χ4n) is 1.37. The highest BCUT2D eigenvalue weighted by atomic mass is 32.1. The molecule has 0 amide bonds. The van der Waals surface area contributed by atoms with E-state index < -0.39 is 12.7 Å². The zero-order valence-electron chi connectivity index (χ0n) is 10.9. The summed E-state index contributed by atoms with van der Waals surface area (Å²) >= 11 is 1.30. The molecule has 1 N–H and O–H groups in total. The van der Waals surface area contributed by atoms with Crippen LogP contribution in [0, 0.1) is 6.92 Å². The van der Waals surface area contributed by atoms with Crippen LogP contribution in [-0.2, 0) is 6.54 Å². The molecule has 7 heteroatoms. The first-order valence-electron chi connectivity index (χ1n) is 5.66. The van der Waals surface area contributed by atoms with E-state index >= 15 is 0 Å². The van der Waals surface area contributed by atoms with Gasteiger partial charge in [-0.2, -0.15) is 13.2 Å². The monoisotopic (exact) mass is 281 g/mol. The Bertz CT molecular complexity index is 387. The van der Waals surface area contributed by atoms with E-state index in [1.165, 1.54) is 18.4 Å². The first-order valence-corrected chi connectivity index (χ1v) is 6.48. The van der Waals surface area contributed by atoms with E-state index in [0.717, 1.165) is 15.5 Å². The lowest BCUT2D eigenvalue weighted by molar-refractivity contribution is -0.119. The van der Waals surface area contributed by atoms with Gasteiger partial charge >= 0.3 is 6.18 Å². The van der Waals surface area contributed by atoms with Gasteiger partial charge in [-0.1, -0.05) is 13.8 Å². The van der Waals surface area contributed by atoms with Crippen molar-refractivity contribution in [3.63, 3.8) is 0 Å².